The molecule has 0 amide bonds. The molecule has 32 heavy (non-hydrogen) atoms. The Bertz CT molecular complexity index is 1150. The maximum Gasteiger partial charge on any atom is 0.161 e. The minimum Gasteiger partial charge on any atom is -0.493 e. The maximum atomic E-state index is 6.21. The number of hydrogen-bond acceptors (Lipinski definition) is 4. The Morgan fingerprint density at radius 3 is 2.22 bits per heavy atom. The topological polar surface area (TPSA) is 39.7 Å². The first-order chi connectivity index (χ1) is 15.7. The SMILES string of the molecule is COc1cc(CNc2ccc(Oc3ccccc3)cc2)ccc1OCc1ccccc1Cl. The van der Waals surface area contributed by atoms with Gasteiger partial charge in [0, 0.05) is 22.8 Å². The lowest BCUT2D eigenvalue weighted by molar-refractivity contribution is 0.284. The normalized spacial score (nSPS) is 10.4. The van der Waals surface area contributed by atoms with Crippen LogP contribution in [0.2, 0.25) is 5.02 Å². The Kier molecular flexibility index (Phi) is 7.15. The molecule has 0 atom stereocenters. The highest BCUT2D eigenvalue weighted by Gasteiger charge is 2.08. The van der Waals surface area contributed by atoms with Crippen LogP contribution in [0, 0.1) is 0 Å². The quantitative estimate of drug-likeness (QED) is 0.292. The molecule has 0 aliphatic rings. The third-order valence-electron chi connectivity index (χ3n) is 4.90. The molecule has 4 rings (SSSR count). The summed E-state index contributed by atoms with van der Waals surface area (Å²) in [5.41, 5.74) is 3.02. The van der Waals surface area contributed by atoms with Gasteiger partial charge in [-0.2, -0.15) is 0 Å². The third kappa shape index (κ3) is 5.74. The van der Waals surface area contributed by atoms with Crippen LogP contribution in [-0.4, -0.2) is 7.11 Å². The van der Waals surface area contributed by atoms with E-state index >= 15 is 0 Å². The zero-order chi connectivity index (χ0) is 22.2. The number of benzene rings is 4. The van der Waals surface area contributed by atoms with Crippen LogP contribution >= 0.6 is 11.6 Å². The lowest BCUT2D eigenvalue weighted by Crippen LogP contribution is -2.02. The average Bonchev–Trinajstić information content (AvgIpc) is 2.84. The fourth-order valence-corrected chi connectivity index (χ4v) is 3.37. The number of halogens is 1. The largest absolute Gasteiger partial charge is 0.493 e. The second-order valence-corrected chi connectivity index (χ2v) is 7.57. The van der Waals surface area contributed by atoms with Crippen molar-refractivity contribution in [1.29, 1.82) is 0 Å². The zero-order valence-corrected chi connectivity index (χ0v) is 18.5. The van der Waals surface area contributed by atoms with Crippen molar-refractivity contribution < 1.29 is 14.2 Å². The molecule has 4 nitrogen and oxygen atoms in total. The second-order valence-electron chi connectivity index (χ2n) is 7.16. The summed E-state index contributed by atoms with van der Waals surface area (Å²) in [6.07, 6.45) is 0. The molecular formula is C27H24ClNO3. The van der Waals surface area contributed by atoms with Gasteiger partial charge in [-0.15, -0.1) is 0 Å². The summed E-state index contributed by atoms with van der Waals surface area (Å²) in [6.45, 7) is 1.03. The van der Waals surface area contributed by atoms with Crippen LogP contribution < -0.4 is 19.5 Å². The zero-order valence-electron chi connectivity index (χ0n) is 17.8. The molecule has 162 valence electrons. The summed E-state index contributed by atoms with van der Waals surface area (Å²) in [4.78, 5) is 0. The highest BCUT2D eigenvalue weighted by molar-refractivity contribution is 6.31. The Morgan fingerprint density at radius 1 is 0.750 bits per heavy atom. The number of methoxy groups -OCH3 is 1. The standard InChI is InChI=1S/C27H24ClNO3/c1-30-27-17-20(11-16-26(27)31-19-21-7-5-6-10-25(21)28)18-29-22-12-14-24(15-13-22)32-23-8-3-2-4-9-23/h2-17,29H,18-19H2,1H3. The fourth-order valence-electron chi connectivity index (χ4n) is 3.18. The molecule has 5 heteroatoms. The first kappa shape index (κ1) is 21.6. The van der Waals surface area contributed by atoms with Gasteiger partial charge in [-0.05, 0) is 60.2 Å². The van der Waals surface area contributed by atoms with Crippen molar-refractivity contribution in [3.63, 3.8) is 0 Å². The summed E-state index contributed by atoms with van der Waals surface area (Å²) in [7, 11) is 1.64. The van der Waals surface area contributed by atoms with Crippen LogP contribution in [0.4, 0.5) is 5.69 Å². The minimum absolute atomic E-state index is 0.380. The highest BCUT2D eigenvalue weighted by atomic mass is 35.5. The van der Waals surface area contributed by atoms with Crippen molar-refractivity contribution in [3.8, 4) is 23.0 Å². The van der Waals surface area contributed by atoms with Crippen LogP contribution in [0.3, 0.4) is 0 Å². The van der Waals surface area contributed by atoms with Gasteiger partial charge in [-0.1, -0.05) is 54.1 Å². The number of rotatable bonds is 9. The molecule has 0 aromatic heterocycles. The Morgan fingerprint density at radius 2 is 1.47 bits per heavy atom. The predicted molar refractivity (Wildman–Crippen MR) is 129 cm³/mol. The van der Waals surface area contributed by atoms with Gasteiger partial charge in [0.25, 0.3) is 0 Å². The highest BCUT2D eigenvalue weighted by Crippen LogP contribution is 2.30. The lowest BCUT2D eigenvalue weighted by atomic mass is 10.2. The van der Waals surface area contributed by atoms with E-state index in [1.807, 2.05) is 97.1 Å². The van der Waals surface area contributed by atoms with Crippen LogP contribution in [0.25, 0.3) is 0 Å². The van der Waals surface area contributed by atoms with E-state index in [9.17, 15) is 0 Å². The van der Waals surface area contributed by atoms with E-state index in [1.165, 1.54) is 0 Å². The summed E-state index contributed by atoms with van der Waals surface area (Å²) in [6, 6.07) is 31.2. The molecule has 1 N–H and O–H groups in total. The van der Waals surface area contributed by atoms with Gasteiger partial charge in [0.1, 0.15) is 18.1 Å². The first-order valence-electron chi connectivity index (χ1n) is 10.3. The monoisotopic (exact) mass is 445 g/mol. The molecule has 0 bridgehead atoms. The fraction of sp³-hybridized carbons (Fsp3) is 0.111. The van der Waals surface area contributed by atoms with Crippen molar-refractivity contribution >= 4 is 17.3 Å². The van der Waals surface area contributed by atoms with E-state index < -0.39 is 0 Å². The van der Waals surface area contributed by atoms with Crippen LogP contribution in [0.1, 0.15) is 11.1 Å². The van der Waals surface area contributed by atoms with Crippen LogP contribution in [0.15, 0.2) is 97.1 Å². The number of ether oxygens (including phenoxy) is 3. The minimum atomic E-state index is 0.380. The van der Waals surface area contributed by atoms with Crippen LogP contribution in [-0.2, 0) is 13.2 Å². The molecule has 4 aromatic carbocycles. The molecule has 0 saturated carbocycles. The molecule has 4 aromatic rings. The molecular weight excluding hydrogens is 422 g/mol. The van der Waals surface area contributed by atoms with Gasteiger partial charge in [0.15, 0.2) is 11.5 Å². The van der Waals surface area contributed by atoms with E-state index in [4.69, 9.17) is 25.8 Å². The molecule has 0 heterocycles. The molecule has 0 spiro atoms. The number of nitrogens with one attached hydrogen (secondary N) is 1. The Balaban J connectivity index is 1.34. The molecule has 0 unspecified atom stereocenters. The van der Waals surface area contributed by atoms with Gasteiger partial charge >= 0.3 is 0 Å². The van der Waals surface area contributed by atoms with Gasteiger partial charge < -0.3 is 19.5 Å². The van der Waals surface area contributed by atoms with E-state index in [0.717, 1.165) is 28.3 Å². The van der Waals surface area contributed by atoms with Crippen molar-refractivity contribution in [2.24, 2.45) is 0 Å². The van der Waals surface area contributed by atoms with Crippen molar-refractivity contribution in [2.45, 2.75) is 13.2 Å². The Labute approximate surface area is 193 Å². The molecule has 0 fully saturated rings. The van der Waals surface area contributed by atoms with Crippen molar-refractivity contribution in [3.05, 3.63) is 113 Å². The third-order valence-corrected chi connectivity index (χ3v) is 5.27. The van der Waals surface area contributed by atoms with Crippen molar-refractivity contribution in [2.75, 3.05) is 12.4 Å². The second kappa shape index (κ2) is 10.6. The van der Waals surface area contributed by atoms with Crippen LogP contribution in [0.5, 0.6) is 23.0 Å². The first-order valence-corrected chi connectivity index (χ1v) is 10.7. The van der Waals surface area contributed by atoms with Gasteiger partial charge in [-0.3, -0.25) is 0 Å². The van der Waals surface area contributed by atoms with E-state index in [2.05, 4.69) is 5.32 Å². The summed E-state index contributed by atoms with van der Waals surface area (Å²) in [5, 5.41) is 4.11. The van der Waals surface area contributed by atoms with E-state index in [0.29, 0.717) is 29.7 Å². The summed E-state index contributed by atoms with van der Waals surface area (Å²) >= 11 is 6.21. The van der Waals surface area contributed by atoms with E-state index in [1.54, 1.807) is 7.11 Å². The number of hydrogen-bond donors (Lipinski definition) is 1. The van der Waals surface area contributed by atoms with E-state index in [-0.39, 0.29) is 0 Å². The summed E-state index contributed by atoms with van der Waals surface area (Å²) < 4.78 is 17.3. The summed E-state index contributed by atoms with van der Waals surface area (Å²) in [5.74, 6) is 2.97. The molecule has 0 aliphatic carbocycles. The number of anilines is 1. The number of para-hydroxylation sites is 1. The molecule has 0 saturated heterocycles. The van der Waals surface area contributed by atoms with Gasteiger partial charge in [0.2, 0.25) is 0 Å². The van der Waals surface area contributed by atoms with Crippen molar-refractivity contribution in [1.82, 2.24) is 0 Å². The smallest absolute Gasteiger partial charge is 0.161 e. The van der Waals surface area contributed by atoms with Gasteiger partial charge in [-0.25, -0.2) is 0 Å². The predicted octanol–water partition coefficient (Wildman–Crippen LogP) is 7.33. The molecule has 0 aliphatic heterocycles. The maximum absolute atomic E-state index is 6.21. The van der Waals surface area contributed by atoms with Gasteiger partial charge in [0.05, 0.1) is 7.11 Å². The average molecular weight is 446 g/mol. The lowest BCUT2D eigenvalue weighted by Gasteiger charge is -2.14. The Hall–Kier alpha value is -3.63. The molecule has 0 radical (unpaired) electrons.